The third-order valence-electron chi connectivity index (χ3n) is 2.28. The summed E-state index contributed by atoms with van der Waals surface area (Å²) in [6, 6.07) is 6.21. The van der Waals surface area contributed by atoms with Gasteiger partial charge in [0.05, 0.1) is 17.4 Å². The quantitative estimate of drug-likeness (QED) is 0.715. The Balaban J connectivity index is 2.66. The monoisotopic (exact) mass is 175 g/mol. The fraction of sp³-hybridized carbons (Fsp3) is 0.300. The van der Waals surface area contributed by atoms with E-state index in [0.717, 1.165) is 16.6 Å². The summed E-state index contributed by atoms with van der Waals surface area (Å²) in [7, 11) is 1.99. The molecule has 0 radical (unpaired) electrons. The highest BCUT2D eigenvalue weighted by atomic mass is 15.0. The summed E-state index contributed by atoms with van der Waals surface area (Å²) >= 11 is 0. The molecule has 2 aromatic rings. The molecule has 2 N–H and O–H groups in total. The number of hydrogen-bond donors (Lipinski definition) is 1. The van der Waals surface area contributed by atoms with Gasteiger partial charge in [0.2, 0.25) is 0 Å². The third kappa shape index (κ3) is 1.31. The Morgan fingerprint density at radius 1 is 1.46 bits per heavy atom. The lowest BCUT2D eigenvalue weighted by molar-refractivity contribution is 0.818. The van der Waals surface area contributed by atoms with Crippen molar-refractivity contribution >= 4 is 11.0 Å². The van der Waals surface area contributed by atoms with Crippen LogP contribution in [0.1, 0.15) is 18.5 Å². The molecular weight excluding hydrogens is 162 g/mol. The van der Waals surface area contributed by atoms with E-state index in [-0.39, 0.29) is 6.04 Å². The third-order valence-corrected chi connectivity index (χ3v) is 2.28. The predicted molar refractivity (Wildman–Crippen MR) is 53.3 cm³/mol. The van der Waals surface area contributed by atoms with Crippen LogP contribution in [-0.4, -0.2) is 9.55 Å². The van der Waals surface area contributed by atoms with E-state index in [1.165, 1.54) is 0 Å². The number of fused-ring (bicyclic) bond motifs is 1. The van der Waals surface area contributed by atoms with Crippen LogP contribution in [0.3, 0.4) is 0 Å². The number of nitrogens with zero attached hydrogens (tertiary/aromatic N) is 2. The largest absolute Gasteiger partial charge is 0.334 e. The van der Waals surface area contributed by atoms with E-state index in [1.54, 1.807) is 0 Å². The highest BCUT2D eigenvalue weighted by molar-refractivity contribution is 5.76. The molecule has 1 heterocycles. The molecule has 2 rings (SSSR count). The number of imidazole rings is 1. The normalized spacial score (nSPS) is 13.5. The zero-order valence-electron chi connectivity index (χ0n) is 7.86. The number of benzene rings is 1. The smallest absolute Gasteiger partial charge is 0.0955 e. The second kappa shape index (κ2) is 2.85. The summed E-state index contributed by atoms with van der Waals surface area (Å²) < 4.78 is 2.00. The molecular formula is C10H13N3. The van der Waals surface area contributed by atoms with Gasteiger partial charge >= 0.3 is 0 Å². The van der Waals surface area contributed by atoms with Crippen molar-refractivity contribution in [1.82, 2.24) is 9.55 Å². The predicted octanol–water partition coefficient (Wildman–Crippen LogP) is 1.59. The van der Waals surface area contributed by atoms with Crippen LogP contribution in [0.25, 0.3) is 11.0 Å². The minimum Gasteiger partial charge on any atom is -0.334 e. The van der Waals surface area contributed by atoms with Gasteiger partial charge < -0.3 is 10.3 Å². The molecule has 0 spiro atoms. The first-order valence-electron chi connectivity index (χ1n) is 4.35. The van der Waals surface area contributed by atoms with Crippen molar-refractivity contribution in [3.05, 3.63) is 30.1 Å². The summed E-state index contributed by atoms with van der Waals surface area (Å²) in [5, 5.41) is 0. The first-order chi connectivity index (χ1) is 6.18. The molecule has 0 aliphatic heterocycles. The molecule has 1 aromatic heterocycles. The molecule has 1 aromatic carbocycles. The molecule has 68 valence electrons. The number of rotatable bonds is 1. The van der Waals surface area contributed by atoms with Crippen LogP contribution in [0.2, 0.25) is 0 Å². The fourth-order valence-electron chi connectivity index (χ4n) is 1.43. The van der Waals surface area contributed by atoms with Gasteiger partial charge in [0.1, 0.15) is 0 Å². The van der Waals surface area contributed by atoms with Gasteiger partial charge in [0.25, 0.3) is 0 Å². The lowest BCUT2D eigenvalue weighted by Gasteiger charge is -2.05. The van der Waals surface area contributed by atoms with Crippen molar-refractivity contribution in [1.29, 1.82) is 0 Å². The molecule has 0 aliphatic carbocycles. The molecule has 0 saturated heterocycles. The molecule has 3 heteroatoms. The molecule has 0 saturated carbocycles. The number of aromatic nitrogens is 2. The molecule has 0 bridgehead atoms. The van der Waals surface area contributed by atoms with Crippen LogP contribution in [-0.2, 0) is 7.05 Å². The molecule has 0 amide bonds. The Hall–Kier alpha value is -1.35. The Morgan fingerprint density at radius 3 is 2.92 bits per heavy atom. The summed E-state index contributed by atoms with van der Waals surface area (Å²) in [5.41, 5.74) is 9.10. The van der Waals surface area contributed by atoms with E-state index in [1.807, 2.05) is 37.0 Å². The van der Waals surface area contributed by atoms with Crippen LogP contribution in [0.4, 0.5) is 0 Å². The Labute approximate surface area is 77.2 Å². The molecule has 13 heavy (non-hydrogen) atoms. The standard InChI is InChI=1S/C10H13N3/c1-7(11)8-3-4-9-10(5-8)13(2)6-12-9/h3-7H,11H2,1-2H3/t7-/m1/s1. The van der Waals surface area contributed by atoms with E-state index in [0.29, 0.717) is 0 Å². The average Bonchev–Trinajstić information content (AvgIpc) is 2.47. The van der Waals surface area contributed by atoms with E-state index >= 15 is 0 Å². The van der Waals surface area contributed by atoms with E-state index in [2.05, 4.69) is 11.1 Å². The molecule has 1 atom stereocenters. The lowest BCUT2D eigenvalue weighted by Crippen LogP contribution is -2.04. The van der Waals surface area contributed by atoms with Crippen molar-refractivity contribution in [2.75, 3.05) is 0 Å². The second-order valence-electron chi connectivity index (χ2n) is 3.39. The number of nitrogens with two attached hydrogens (primary N) is 1. The Bertz CT molecular complexity index is 429. The van der Waals surface area contributed by atoms with Gasteiger partial charge in [-0.25, -0.2) is 4.98 Å². The highest BCUT2D eigenvalue weighted by Crippen LogP contribution is 2.17. The molecule has 0 fully saturated rings. The van der Waals surface area contributed by atoms with Crippen molar-refractivity contribution in [2.45, 2.75) is 13.0 Å². The lowest BCUT2D eigenvalue weighted by atomic mass is 10.1. The van der Waals surface area contributed by atoms with Crippen LogP contribution in [0.15, 0.2) is 24.5 Å². The van der Waals surface area contributed by atoms with Gasteiger partial charge in [-0.2, -0.15) is 0 Å². The fourth-order valence-corrected chi connectivity index (χ4v) is 1.43. The van der Waals surface area contributed by atoms with Gasteiger partial charge in [-0.15, -0.1) is 0 Å². The van der Waals surface area contributed by atoms with Crippen molar-refractivity contribution in [3.63, 3.8) is 0 Å². The van der Waals surface area contributed by atoms with Gasteiger partial charge in [0.15, 0.2) is 0 Å². The minimum atomic E-state index is 0.0827. The van der Waals surface area contributed by atoms with Crippen LogP contribution < -0.4 is 5.73 Å². The minimum absolute atomic E-state index is 0.0827. The summed E-state index contributed by atoms with van der Waals surface area (Å²) in [5.74, 6) is 0. The highest BCUT2D eigenvalue weighted by Gasteiger charge is 2.03. The zero-order valence-corrected chi connectivity index (χ0v) is 7.86. The van der Waals surface area contributed by atoms with Crippen molar-refractivity contribution in [2.24, 2.45) is 12.8 Å². The van der Waals surface area contributed by atoms with E-state index < -0.39 is 0 Å². The second-order valence-corrected chi connectivity index (χ2v) is 3.39. The first-order valence-corrected chi connectivity index (χ1v) is 4.35. The summed E-state index contributed by atoms with van der Waals surface area (Å²) in [6.07, 6.45) is 1.82. The topological polar surface area (TPSA) is 43.8 Å². The van der Waals surface area contributed by atoms with Gasteiger partial charge in [0, 0.05) is 13.1 Å². The molecule has 3 nitrogen and oxygen atoms in total. The van der Waals surface area contributed by atoms with Crippen LogP contribution in [0, 0.1) is 0 Å². The SMILES string of the molecule is C[C@@H](N)c1ccc2ncn(C)c2c1. The van der Waals surface area contributed by atoms with Crippen LogP contribution >= 0.6 is 0 Å². The number of aryl methyl sites for hydroxylation is 1. The maximum atomic E-state index is 5.79. The van der Waals surface area contributed by atoms with Gasteiger partial charge in [-0.1, -0.05) is 6.07 Å². The van der Waals surface area contributed by atoms with Crippen LogP contribution in [0.5, 0.6) is 0 Å². The van der Waals surface area contributed by atoms with E-state index in [4.69, 9.17) is 5.73 Å². The Morgan fingerprint density at radius 2 is 2.23 bits per heavy atom. The molecule has 0 unspecified atom stereocenters. The van der Waals surface area contributed by atoms with Gasteiger partial charge in [-0.3, -0.25) is 0 Å². The van der Waals surface area contributed by atoms with E-state index in [9.17, 15) is 0 Å². The maximum Gasteiger partial charge on any atom is 0.0955 e. The zero-order chi connectivity index (χ0) is 9.42. The van der Waals surface area contributed by atoms with Crippen molar-refractivity contribution in [3.8, 4) is 0 Å². The number of hydrogen-bond acceptors (Lipinski definition) is 2. The summed E-state index contributed by atoms with van der Waals surface area (Å²) in [4.78, 5) is 4.24. The Kier molecular flexibility index (Phi) is 1.81. The van der Waals surface area contributed by atoms with Crippen molar-refractivity contribution < 1.29 is 0 Å². The molecule has 0 aliphatic rings. The average molecular weight is 175 g/mol. The summed E-state index contributed by atoms with van der Waals surface area (Å²) in [6.45, 7) is 1.98. The first kappa shape index (κ1) is 8.26. The maximum absolute atomic E-state index is 5.79. The van der Waals surface area contributed by atoms with Gasteiger partial charge in [-0.05, 0) is 24.6 Å².